The lowest BCUT2D eigenvalue weighted by Gasteiger charge is -2.11. The molecule has 2 heterocycles. The first kappa shape index (κ1) is 24.2. The summed E-state index contributed by atoms with van der Waals surface area (Å²) in [4.78, 5) is 15.6. The van der Waals surface area contributed by atoms with E-state index < -0.39 is 45.0 Å². The first-order valence-electron chi connectivity index (χ1n) is 9.98. The molecule has 0 aliphatic heterocycles. The third kappa shape index (κ3) is 5.60. The Morgan fingerprint density at radius 2 is 1.74 bits per heavy atom. The number of sulfone groups is 1. The average molecular weight is 508 g/mol. The zero-order valence-corrected chi connectivity index (χ0v) is 18.5. The number of fused-ring (bicyclic) bond motifs is 1. The molecule has 0 aliphatic rings. The first-order valence-corrected chi connectivity index (χ1v) is 11.5. The molecular formula is C23H16F4N2O5S. The Bertz CT molecular complexity index is 1450. The minimum Gasteiger partial charge on any atom is -0.481 e. The molecule has 2 aromatic carbocycles. The molecule has 182 valence electrons. The van der Waals surface area contributed by atoms with Crippen molar-refractivity contribution >= 4 is 26.7 Å². The van der Waals surface area contributed by atoms with Crippen LogP contribution >= 0.6 is 0 Å². The highest BCUT2D eigenvalue weighted by molar-refractivity contribution is 7.91. The Hall–Kier alpha value is -3.93. The van der Waals surface area contributed by atoms with Crippen LogP contribution in [-0.4, -0.2) is 32.1 Å². The van der Waals surface area contributed by atoms with Crippen molar-refractivity contribution in [2.75, 3.05) is 6.61 Å². The summed E-state index contributed by atoms with van der Waals surface area (Å²) in [5.74, 6) is -2.33. The molecule has 0 saturated heterocycles. The highest BCUT2D eigenvalue weighted by Gasteiger charge is 2.29. The van der Waals surface area contributed by atoms with Crippen molar-refractivity contribution in [1.29, 1.82) is 0 Å². The van der Waals surface area contributed by atoms with E-state index in [1.54, 1.807) is 18.3 Å². The van der Waals surface area contributed by atoms with Crippen molar-refractivity contribution in [3.05, 3.63) is 84.1 Å². The van der Waals surface area contributed by atoms with E-state index >= 15 is 0 Å². The number of hydrogen-bond acceptors (Lipinski definition) is 6. The number of aromatic nitrogens is 1. The summed E-state index contributed by atoms with van der Waals surface area (Å²) in [6.07, 6.45) is -1.61. The van der Waals surface area contributed by atoms with Crippen LogP contribution in [0, 0.1) is 5.82 Å². The molecule has 0 atom stereocenters. The monoisotopic (exact) mass is 508 g/mol. The fourth-order valence-corrected chi connectivity index (χ4v) is 4.39. The molecule has 7 nitrogen and oxygen atoms in total. The van der Waals surface area contributed by atoms with Gasteiger partial charge in [0, 0.05) is 18.1 Å². The lowest BCUT2D eigenvalue weighted by atomic mass is 10.2. The van der Waals surface area contributed by atoms with Gasteiger partial charge in [-0.3, -0.25) is 9.78 Å². The zero-order chi connectivity index (χ0) is 25.2. The largest absolute Gasteiger partial charge is 0.481 e. The topological polar surface area (TPSA) is 98.5 Å². The summed E-state index contributed by atoms with van der Waals surface area (Å²) < 4.78 is 86.2. The molecule has 0 unspecified atom stereocenters. The van der Waals surface area contributed by atoms with Crippen LogP contribution in [0.25, 0.3) is 11.0 Å². The average Bonchev–Trinajstić information content (AvgIpc) is 3.26. The Balaban J connectivity index is 1.42. The van der Waals surface area contributed by atoms with Gasteiger partial charge in [-0.15, -0.1) is 0 Å². The summed E-state index contributed by atoms with van der Waals surface area (Å²) in [5, 5.41) is 3.37. The van der Waals surface area contributed by atoms with Gasteiger partial charge in [-0.2, -0.15) is 13.2 Å². The molecule has 0 saturated carbocycles. The fraction of sp³-hybridized carbons (Fsp3) is 0.130. The van der Waals surface area contributed by atoms with Crippen molar-refractivity contribution in [2.24, 2.45) is 0 Å². The van der Waals surface area contributed by atoms with E-state index in [4.69, 9.17) is 4.42 Å². The van der Waals surface area contributed by atoms with Gasteiger partial charge in [-0.05, 0) is 48.0 Å². The van der Waals surface area contributed by atoms with Crippen LogP contribution < -0.4 is 10.1 Å². The quantitative estimate of drug-likeness (QED) is 0.365. The number of alkyl halides is 3. The van der Waals surface area contributed by atoms with Gasteiger partial charge in [0.2, 0.25) is 9.84 Å². The number of benzene rings is 2. The van der Waals surface area contributed by atoms with E-state index in [1.165, 1.54) is 30.5 Å². The summed E-state index contributed by atoms with van der Waals surface area (Å²) in [5.41, 5.74) is 1.04. The fourth-order valence-electron chi connectivity index (χ4n) is 3.11. The van der Waals surface area contributed by atoms with Crippen LogP contribution in [-0.2, 0) is 16.4 Å². The number of carbonyl (C=O) groups is 1. The van der Waals surface area contributed by atoms with Gasteiger partial charge >= 0.3 is 6.18 Å². The summed E-state index contributed by atoms with van der Waals surface area (Å²) in [6.45, 7) is -1.63. The standard InChI is InChI=1S/C23H16F4N2O5S/c24-18-10-17(5-6-19(18)33-13-23(25,26)27)35(31,32)16-3-1-14(2-4-16)11-29-22(30)20-9-15-7-8-28-12-21(15)34-20/h1-10,12H,11,13H2,(H,29,30). The summed E-state index contributed by atoms with van der Waals surface area (Å²) in [7, 11) is -4.15. The molecule has 1 amide bonds. The molecule has 2 aromatic heterocycles. The molecule has 35 heavy (non-hydrogen) atoms. The van der Waals surface area contributed by atoms with E-state index in [-0.39, 0.29) is 17.2 Å². The third-order valence-electron chi connectivity index (χ3n) is 4.84. The van der Waals surface area contributed by atoms with Gasteiger partial charge in [0.15, 0.2) is 29.5 Å². The molecule has 12 heteroatoms. The minimum absolute atomic E-state index is 0.0777. The van der Waals surface area contributed by atoms with E-state index in [2.05, 4.69) is 15.0 Å². The van der Waals surface area contributed by atoms with Gasteiger partial charge in [-0.25, -0.2) is 12.8 Å². The van der Waals surface area contributed by atoms with Crippen LogP contribution in [0.5, 0.6) is 5.75 Å². The Kier molecular flexibility index (Phi) is 6.48. The molecule has 0 fully saturated rings. The smallest absolute Gasteiger partial charge is 0.422 e. The number of nitrogens with one attached hydrogen (secondary N) is 1. The molecule has 0 bridgehead atoms. The van der Waals surface area contributed by atoms with Crippen molar-refractivity contribution in [2.45, 2.75) is 22.5 Å². The van der Waals surface area contributed by atoms with Crippen molar-refractivity contribution in [1.82, 2.24) is 10.3 Å². The number of nitrogens with zero attached hydrogens (tertiary/aromatic N) is 1. The molecule has 0 spiro atoms. The normalized spacial score (nSPS) is 12.0. The van der Waals surface area contributed by atoms with Gasteiger partial charge in [0.05, 0.1) is 16.0 Å². The zero-order valence-electron chi connectivity index (χ0n) is 17.7. The molecule has 4 aromatic rings. The summed E-state index contributed by atoms with van der Waals surface area (Å²) in [6, 6.07) is 11.1. The maximum atomic E-state index is 14.1. The number of hydrogen-bond donors (Lipinski definition) is 1. The van der Waals surface area contributed by atoms with Gasteiger partial charge in [0.25, 0.3) is 5.91 Å². The molecule has 0 aliphatic carbocycles. The second-order valence-electron chi connectivity index (χ2n) is 7.35. The SMILES string of the molecule is O=C(NCc1ccc(S(=O)(=O)c2ccc(OCC(F)(F)F)c(F)c2)cc1)c1cc2ccncc2o1. The molecule has 1 N–H and O–H groups in total. The van der Waals surface area contributed by atoms with Crippen LogP contribution in [0.3, 0.4) is 0 Å². The number of rotatable bonds is 7. The van der Waals surface area contributed by atoms with Gasteiger partial charge in [-0.1, -0.05) is 12.1 Å². The minimum atomic E-state index is -4.66. The second kappa shape index (κ2) is 9.37. The number of amides is 1. The predicted octanol–water partition coefficient (Wildman–Crippen LogP) is 4.67. The van der Waals surface area contributed by atoms with Crippen molar-refractivity contribution < 1.29 is 39.9 Å². The highest BCUT2D eigenvalue weighted by atomic mass is 32.2. The van der Waals surface area contributed by atoms with Crippen molar-refractivity contribution in [3.8, 4) is 5.75 Å². The predicted molar refractivity (Wildman–Crippen MR) is 115 cm³/mol. The van der Waals surface area contributed by atoms with Gasteiger partial charge < -0.3 is 14.5 Å². The van der Waals surface area contributed by atoms with Crippen molar-refractivity contribution in [3.63, 3.8) is 0 Å². The highest BCUT2D eigenvalue weighted by Crippen LogP contribution is 2.27. The van der Waals surface area contributed by atoms with Gasteiger partial charge in [0.1, 0.15) is 0 Å². The first-order chi connectivity index (χ1) is 16.5. The Labute approximate surface area is 196 Å². The number of halogens is 4. The number of furan rings is 1. The number of carbonyl (C=O) groups excluding carboxylic acids is 1. The second-order valence-corrected chi connectivity index (χ2v) is 9.30. The molecular weight excluding hydrogens is 492 g/mol. The summed E-state index contributed by atoms with van der Waals surface area (Å²) >= 11 is 0. The lowest BCUT2D eigenvalue weighted by Crippen LogP contribution is -2.22. The maximum absolute atomic E-state index is 14.1. The van der Waals surface area contributed by atoms with Crippen LogP contribution in [0.1, 0.15) is 16.1 Å². The maximum Gasteiger partial charge on any atom is 0.422 e. The van der Waals surface area contributed by atoms with E-state index in [9.17, 15) is 30.8 Å². The van der Waals surface area contributed by atoms with Crippen LogP contribution in [0.4, 0.5) is 17.6 Å². The number of ether oxygens (including phenoxy) is 1. The van der Waals surface area contributed by atoms with E-state index in [0.717, 1.165) is 17.5 Å². The lowest BCUT2D eigenvalue weighted by molar-refractivity contribution is -0.153. The van der Waals surface area contributed by atoms with Crippen LogP contribution in [0.2, 0.25) is 0 Å². The molecule has 0 radical (unpaired) electrons. The Morgan fingerprint density at radius 3 is 2.40 bits per heavy atom. The van der Waals surface area contributed by atoms with E-state index in [0.29, 0.717) is 17.2 Å². The van der Waals surface area contributed by atoms with Crippen LogP contribution in [0.15, 0.2) is 81.2 Å². The van der Waals surface area contributed by atoms with E-state index in [1.807, 2.05) is 0 Å². The molecule has 4 rings (SSSR count). The number of pyridine rings is 1. The third-order valence-corrected chi connectivity index (χ3v) is 6.61. The Morgan fingerprint density at radius 1 is 1.03 bits per heavy atom.